The number of ether oxygens (including phenoxy) is 1. The summed E-state index contributed by atoms with van der Waals surface area (Å²) in [5.41, 5.74) is 0. The molecule has 1 N–H and O–H groups in total. The van der Waals surface area contributed by atoms with Crippen molar-refractivity contribution in [3.8, 4) is 0 Å². The molecule has 18 heavy (non-hydrogen) atoms. The third kappa shape index (κ3) is 4.22. The number of rotatable bonds is 7. The van der Waals surface area contributed by atoms with Gasteiger partial charge in [-0.1, -0.05) is 11.6 Å². The van der Waals surface area contributed by atoms with Crippen molar-refractivity contribution in [1.82, 2.24) is 4.31 Å². The number of aliphatic hydroxyl groups excluding tert-OH is 1. The van der Waals surface area contributed by atoms with Crippen molar-refractivity contribution in [3.63, 3.8) is 0 Å². The van der Waals surface area contributed by atoms with Gasteiger partial charge in [0.2, 0.25) is 10.0 Å². The topological polar surface area (TPSA) is 66.8 Å². The lowest BCUT2D eigenvalue weighted by molar-refractivity contribution is 0.0876. The van der Waals surface area contributed by atoms with E-state index < -0.39 is 10.0 Å². The minimum absolute atomic E-state index is 0.0757. The molecule has 0 atom stereocenters. The van der Waals surface area contributed by atoms with Crippen molar-refractivity contribution in [2.45, 2.75) is 4.90 Å². The van der Waals surface area contributed by atoms with E-state index in [1.165, 1.54) is 35.6 Å². The number of aliphatic hydroxyl groups is 1. The van der Waals surface area contributed by atoms with Crippen LogP contribution in [-0.4, -0.2) is 51.2 Å². The Morgan fingerprint density at radius 2 is 1.89 bits per heavy atom. The van der Waals surface area contributed by atoms with Gasteiger partial charge < -0.3 is 9.84 Å². The van der Waals surface area contributed by atoms with E-state index in [1.54, 1.807) is 0 Å². The maximum atomic E-state index is 12.1. The first-order valence-electron chi connectivity index (χ1n) is 5.39. The minimum atomic E-state index is -3.51. The Labute approximate surface area is 112 Å². The summed E-state index contributed by atoms with van der Waals surface area (Å²) in [6, 6.07) is 5.99. The van der Waals surface area contributed by atoms with Crippen LogP contribution in [0.5, 0.6) is 0 Å². The van der Waals surface area contributed by atoms with Crippen LogP contribution in [0.1, 0.15) is 0 Å². The zero-order valence-electron chi connectivity index (χ0n) is 10.0. The third-order valence-electron chi connectivity index (χ3n) is 2.31. The van der Waals surface area contributed by atoms with Gasteiger partial charge >= 0.3 is 0 Å². The second kappa shape index (κ2) is 7.06. The Bertz CT molecular complexity index is 460. The minimum Gasteiger partial charge on any atom is -0.394 e. The molecule has 0 spiro atoms. The molecule has 0 radical (unpaired) electrons. The Kier molecular flexibility index (Phi) is 6.04. The summed E-state index contributed by atoms with van der Waals surface area (Å²) in [5, 5.41) is 9.01. The molecule has 7 heteroatoms. The van der Waals surface area contributed by atoms with Gasteiger partial charge in [0, 0.05) is 18.6 Å². The van der Waals surface area contributed by atoms with Crippen LogP contribution in [0.25, 0.3) is 0 Å². The average Bonchev–Trinajstić information content (AvgIpc) is 2.35. The Balaban J connectivity index is 2.65. The first-order chi connectivity index (χ1) is 8.48. The number of halogens is 1. The number of likely N-dealkylation sites (N-methyl/N-ethyl adjacent to an activating group) is 1. The molecule has 0 unspecified atom stereocenters. The molecular formula is C11H16ClNO4S. The van der Waals surface area contributed by atoms with Crippen LogP contribution in [0, 0.1) is 0 Å². The third-order valence-corrected chi connectivity index (χ3v) is 4.43. The van der Waals surface area contributed by atoms with Gasteiger partial charge in [-0.05, 0) is 24.3 Å². The normalized spacial score (nSPS) is 12.0. The van der Waals surface area contributed by atoms with E-state index in [2.05, 4.69) is 0 Å². The summed E-state index contributed by atoms with van der Waals surface area (Å²) in [5.74, 6) is 0. The van der Waals surface area contributed by atoms with Crippen LogP contribution in [0.4, 0.5) is 0 Å². The van der Waals surface area contributed by atoms with Crippen LogP contribution in [0.15, 0.2) is 29.2 Å². The molecular weight excluding hydrogens is 278 g/mol. The molecule has 0 aliphatic rings. The lowest BCUT2D eigenvalue weighted by Gasteiger charge is -2.17. The van der Waals surface area contributed by atoms with E-state index in [1.807, 2.05) is 0 Å². The van der Waals surface area contributed by atoms with E-state index in [-0.39, 0.29) is 31.3 Å². The summed E-state index contributed by atoms with van der Waals surface area (Å²) >= 11 is 5.71. The maximum absolute atomic E-state index is 12.1. The van der Waals surface area contributed by atoms with E-state index in [9.17, 15) is 8.42 Å². The number of hydrogen-bond donors (Lipinski definition) is 1. The summed E-state index contributed by atoms with van der Waals surface area (Å²) in [7, 11) is -2.03. The predicted octanol–water partition coefficient (Wildman–Crippen LogP) is 0.969. The molecule has 1 aromatic rings. The second-order valence-electron chi connectivity index (χ2n) is 3.62. The molecule has 0 aliphatic heterocycles. The first-order valence-corrected chi connectivity index (χ1v) is 7.21. The molecule has 0 fully saturated rings. The van der Waals surface area contributed by atoms with Gasteiger partial charge in [0.1, 0.15) is 0 Å². The van der Waals surface area contributed by atoms with E-state index in [0.717, 1.165) is 0 Å². The van der Waals surface area contributed by atoms with Crippen molar-refractivity contribution < 1.29 is 18.3 Å². The molecule has 0 saturated carbocycles. The van der Waals surface area contributed by atoms with Crippen molar-refractivity contribution >= 4 is 21.6 Å². The van der Waals surface area contributed by atoms with Crippen molar-refractivity contribution in [2.75, 3.05) is 33.4 Å². The monoisotopic (exact) mass is 293 g/mol. The molecule has 0 bridgehead atoms. The van der Waals surface area contributed by atoms with Gasteiger partial charge in [0.25, 0.3) is 0 Å². The van der Waals surface area contributed by atoms with Gasteiger partial charge in [-0.3, -0.25) is 0 Å². The van der Waals surface area contributed by atoms with Gasteiger partial charge in [0.15, 0.2) is 0 Å². The molecule has 1 aromatic carbocycles. The zero-order valence-corrected chi connectivity index (χ0v) is 11.6. The summed E-state index contributed by atoms with van der Waals surface area (Å²) in [6.07, 6.45) is 0. The fraction of sp³-hybridized carbons (Fsp3) is 0.455. The van der Waals surface area contributed by atoms with Crippen LogP contribution in [-0.2, 0) is 14.8 Å². The Hall–Kier alpha value is -0.660. The molecule has 0 heterocycles. The molecule has 1 rings (SSSR count). The molecule has 102 valence electrons. The van der Waals surface area contributed by atoms with Gasteiger partial charge in [-0.2, -0.15) is 4.31 Å². The second-order valence-corrected chi connectivity index (χ2v) is 6.10. The van der Waals surface area contributed by atoms with Crippen molar-refractivity contribution in [2.24, 2.45) is 0 Å². The molecule has 0 amide bonds. The zero-order chi connectivity index (χ0) is 13.6. The highest BCUT2D eigenvalue weighted by Gasteiger charge is 2.19. The molecule has 0 aromatic heterocycles. The average molecular weight is 294 g/mol. The molecule has 0 aliphatic carbocycles. The van der Waals surface area contributed by atoms with Crippen LogP contribution in [0.3, 0.4) is 0 Å². The SMILES string of the molecule is CN(CCOCCO)S(=O)(=O)c1ccc(Cl)cc1. The number of sulfonamides is 1. The van der Waals surface area contributed by atoms with Gasteiger partial charge in [-0.15, -0.1) is 0 Å². The van der Waals surface area contributed by atoms with Gasteiger partial charge in [-0.25, -0.2) is 8.42 Å². The van der Waals surface area contributed by atoms with E-state index in [4.69, 9.17) is 21.4 Å². The summed E-state index contributed by atoms with van der Waals surface area (Å²) < 4.78 is 30.4. The van der Waals surface area contributed by atoms with Crippen LogP contribution in [0.2, 0.25) is 5.02 Å². The lowest BCUT2D eigenvalue weighted by Crippen LogP contribution is -2.30. The van der Waals surface area contributed by atoms with Gasteiger partial charge in [0.05, 0.1) is 24.7 Å². The van der Waals surface area contributed by atoms with E-state index in [0.29, 0.717) is 5.02 Å². The maximum Gasteiger partial charge on any atom is 0.242 e. The summed E-state index contributed by atoms with van der Waals surface area (Å²) in [6.45, 7) is 0.595. The predicted molar refractivity (Wildman–Crippen MR) is 69.2 cm³/mol. The molecule has 5 nitrogen and oxygen atoms in total. The van der Waals surface area contributed by atoms with Crippen LogP contribution < -0.4 is 0 Å². The number of nitrogens with zero attached hydrogens (tertiary/aromatic N) is 1. The highest BCUT2D eigenvalue weighted by atomic mass is 35.5. The van der Waals surface area contributed by atoms with Crippen molar-refractivity contribution in [1.29, 1.82) is 0 Å². The standard InChI is InChI=1S/C11H16ClNO4S/c1-13(6-8-17-9-7-14)18(15,16)11-4-2-10(12)3-5-11/h2-5,14H,6-9H2,1H3. The highest BCUT2D eigenvalue weighted by molar-refractivity contribution is 7.89. The van der Waals surface area contributed by atoms with E-state index >= 15 is 0 Å². The fourth-order valence-electron chi connectivity index (χ4n) is 1.27. The number of hydrogen-bond acceptors (Lipinski definition) is 4. The molecule has 0 saturated heterocycles. The quantitative estimate of drug-likeness (QED) is 0.761. The number of benzene rings is 1. The Morgan fingerprint density at radius 3 is 2.44 bits per heavy atom. The smallest absolute Gasteiger partial charge is 0.242 e. The fourth-order valence-corrected chi connectivity index (χ4v) is 2.55. The summed E-state index contributed by atoms with van der Waals surface area (Å²) in [4.78, 5) is 0.191. The van der Waals surface area contributed by atoms with Crippen molar-refractivity contribution in [3.05, 3.63) is 29.3 Å². The Morgan fingerprint density at radius 1 is 1.28 bits per heavy atom. The lowest BCUT2D eigenvalue weighted by atomic mass is 10.4. The largest absolute Gasteiger partial charge is 0.394 e. The van der Waals surface area contributed by atoms with Crippen LogP contribution >= 0.6 is 11.6 Å². The first kappa shape index (κ1) is 15.4. The highest BCUT2D eigenvalue weighted by Crippen LogP contribution is 2.17.